The van der Waals surface area contributed by atoms with Gasteiger partial charge in [0, 0.05) is 6.42 Å². The Morgan fingerprint density at radius 3 is 2.11 bits per heavy atom. The van der Waals surface area contributed by atoms with E-state index in [0.717, 1.165) is 0 Å². The van der Waals surface area contributed by atoms with Crippen LogP contribution in [-0.4, -0.2) is 41.6 Å². The Morgan fingerprint density at radius 2 is 1.78 bits per heavy atom. The topological polar surface area (TPSA) is 89.9 Å². The maximum absolute atomic E-state index is 11.8. The summed E-state index contributed by atoms with van der Waals surface area (Å²) < 4.78 is 9.39. The van der Waals surface area contributed by atoms with Crippen molar-refractivity contribution < 1.29 is 29.0 Å². The van der Waals surface area contributed by atoms with E-state index < -0.39 is 23.5 Å². The van der Waals surface area contributed by atoms with E-state index in [4.69, 9.17) is 9.47 Å². The zero-order valence-corrected chi connectivity index (χ0v) is 10.6. The van der Waals surface area contributed by atoms with Crippen LogP contribution in [0, 0.1) is 5.92 Å². The summed E-state index contributed by atoms with van der Waals surface area (Å²) in [5.74, 6) is -3.58. The molecule has 1 fully saturated rings. The predicted molar refractivity (Wildman–Crippen MR) is 60.6 cm³/mol. The minimum Gasteiger partial charge on any atom is -0.463 e. The molecule has 0 radical (unpaired) electrons. The summed E-state index contributed by atoms with van der Waals surface area (Å²) in [4.78, 5) is 35.2. The van der Waals surface area contributed by atoms with E-state index in [9.17, 15) is 19.5 Å². The van der Waals surface area contributed by atoms with Gasteiger partial charge in [-0.15, -0.1) is 0 Å². The van der Waals surface area contributed by atoms with Crippen LogP contribution in [0.1, 0.15) is 33.1 Å². The van der Waals surface area contributed by atoms with Gasteiger partial charge in [-0.05, 0) is 26.7 Å². The van der Waals surface area contributed by atoms with Crippen LogP contribution in [0.25, 0.3) is 0 Å². The lowest BCUT2D eigenvalue weighted by Gasteiger charge is -2.27. The van der Waals surface area contributed by atoms with Crippen LogP contribution in [0.3, 0.4) is 0 Å². The largest absolute Gasteiger partial charge is 0.463 e. The molecule has 1 N–H and O–H groups in total. The Labute approximate surface area is 105 Å². The fourth-order valence-electron chi connectivity index (χ4n) is 2.11. The van der Waals surface area contributed by atoms with Gasteiger partial charge in [0.1, 0.15) is 5.78 Å². The quantitative estimate of drug-likeness (QED) is 0.560. The molecule has 0 spiro atoms. The second-order valence-electron chi connectivity index (χ2n) is 4.12. The molecule has 0 aromatic rings. The number of carbonyl (C=O) groups is 3. The van der Waals surface area contributed by atoms with Gasteiger partial charge in [-0.2, -0.15) is 0 Å². The van der Waals surface area contributed by atoms with Gasteiger partial charge in [-0.25, -0.2) is 9.59 Å². The van der Waals surface area contributed by atoms with Gasteiger partial charge in [0.15, 0.2) is 0 Å². The SMILES string of the molecule is CCOC(=O)C(O)(C(=O)OCC)C1CCCC1=O. The second kappa shape index (κ2) is 5.95. The number of aliphatic hydroxyl groups is 1. The van der Waals surface area contributed by atoms with Crippen molar-refractivity contribution in [3.8, 4) is 0 Å². The normalized spacial score (nSPS) is 19.7. The van der Waals surface area contributed by atoms with E-state index in [0.29, 0.717) is 6.42 Å². The van der Waals surface area contributed by atoms with Crippen molar-refractivity contribution in [1.29, 1.82) is 0 Å². The Bertz CT molecular complexity index is 330. The number of Topliss-reactive ketones (excluding diaryl/α,β-unsaturated/α-hetero) is 1. The Kier molecular flexibility index (Phi) is 4.84. The van der Waals surface area contributed by atoms with E-state index in [2.05, 4.69) is 0 Å². The number of hydrogen-bond acceptors (Lipinski definition) is 6. The molecule has 18 heavy (non-hydrogen) atoms. The van der Waals surface area contributed by atoms with E-state index >= 15 is 0 Å². The van der Waals surface area contributed by atoms with Crippen LogP contribution in [-0.2, 0) is 23.9 Å². The van der Waals surface area contributed by atoms with Gasteiger partial charge in [-0.1, -0.05) is 0 Å². The van der Waals surface area contributed by atoms with Crippen LogP contribution >= 0.6 is 0 Å². The molecule has 0 aromatic carbocycles. The molecule has 1 unspecified atom stereocenters. The third kappa shape index (κ3) is 2.53. The van der Waals surface area contributed by atoms with Gasteiger partial charge in [0.05, 0.1) is 19.1 Å². The van der Waals surface area contributed by atoms with Gasteiger partial charge < -0.3 is 14.6 Å². The number of carbonyl (C=O) groups excluding carboxylic acids is 3. The van der Waals surface area contributed by atoms with Gasteiger partial charge >= 0.3 is 11.9 Å². The van der Waals surface area contributed by atoms with Crippen molar-refractivity contribution in [2.45, 2.75) is 38.7 Å². The third-order valence-electron chi connectivity index (χ3n) is 2.98. The molecular formula is C12H18O6. The molecule has 0 aromatic heterocycles. The number of ether oxygens (including phenoxy) is 2. The first-order valence-electron chi connectivity index (χ1n) is 6.07. The van der Waals surface area contributed by atoms with E-state index in [-0.39, 0.29) is 31.8 Å². The Hall–Kier alpha value is -1.43. The summed E-state index contributed by atoms with van der Waals surface area (Å²) in [7, 11) is 0. The summed E-state index contributed by atoms with van der Waals surface area (Å²) in [6.07, 6.45) is 1.09. The number of hydrogen-bond donors (Lipinski definition) is 1. The lowest BCUT2D eigenvalue weighted by molar-refractivity contribution is -0.190. The second-order valence-corrected chi connectivity index (χ2v) is 4.12. The van der Waals surface area contributed by atoms with Gasteiger partial charge in [-0.3, -0.25) is 4.79 Å². The highest BCUT2D eigenvalue weighted by atomic mass is 16.6. The molecule has 0 heterocycles. The first-order valence-corrected chi connectivity index (χ1v) is 6.07. The summed E-state index contributed by atoms with van der Waals surface area (Å²) in [5.41, 5.74) is -2.50. The van der Waals surface area contributed by atoms with E-state index in [1.54, 1.807) is 13.8 Å². The molecule has 1 aliphatic carbocycles. The maximum atomic E-state index is 11.8. The Morgan fingerprint density at radius 1 is 1.28 bits per heavy atom. The maximum Gasteiger partial charge on any atom is 0.350 e. The summed E-state index contributed by atoms with van der Waals surface area (Å²) in [5, 5.41) is 10.3. The molecule has 1 rings (SSSR count). The minimum atomic E-state index is -2.50. The fourth-order valence-corrected chi connectivity index (χ4v) is 2.11. The van der Waals surface area contributed by atoms with Crippen molar-refractivity contribution in [1.82, 2.24) is 0 Å². The highest BCUT2D eigenvalue weighted by Gasteiger charge is 2.57. The first kappa shape index (κ1) is 14.6. The summed E-state index contributed by atoms with van der Waals surface area (Å²) in [6, 6.07) is 0. The zero-order valence-electron chi connectivity index (χ0n) is 10.6. The monoisotopic (exact) mass is 258 g/mol. The van der Waals surface area contributed by atoms with Crippen LogP contribution in [0.5, 0.6) is 0 Å². The average molecular weight is 258 g/mol. The number of rotatable bonds is 5. The number of ketones is 1. The molecule has 0 saturated heterocycles. The molecule has 0 aliphatic heterocycles. The molecule has 102 valence electrons. The molecule has 1 atom stereocenters. The summed E-state index contributed by atoms with van der Waals surface area (Å²) in [6.45, 7) is 3.14. The molecule has 6 heteroatoms. The van der Waals surface area contributed by atoms with Crippen molar-refractivity contribution >= 4 is 17.7 Å². The standard InChI is InChI=1S/C12H18O6/c1-3-17-10(14)12(16,11(15)18-4-2)8-6-5-7-9(8)13/h8,16H,3-7H2,1-2H3. The van der Waals surface area contributed by atoms with Gasteiger partial charge in [0.2, 0.25) is 0 Å². The molecular weight excluding hydrogens is 240 g/mol. The Balaban J connectivity index is 3.03. The lowest BCUT2D eigenvalue weighted by atomic mass is 9.85. The highest BCUT2D eigenvalue weighted by Crippen LogP contribution is 2.33. The fraction of sp³-hybridized carbons (Fsp3) is 0.750. The van der Waals surface area contributed by atoms with Crippen molar-refractivity contribution in [2.24, 2.45) is 5.92 Å². The summed E-state index contributed by atoms with van der Waals surface area (Å²) >= 11 is 0. The minimum absolute atomic E-state index is 0.0153. The molecule has 1 aliphatic rings. The van der Waals surface area contributed by atoms with Crippen molar-refractivity contribution in [3.05, 3.63) is 0 Å². The lowest BCUT2D eigenvalue weighted by Crippen LogP contribution is -2.55. The molecule has 1 saturated carbocycles. The van der Waals surface area contributed by atoms with E-state index in [1.807, 2.05) is 0 Å². The van der Waals surface area contributed by atoms with Gasteiger partial charge in [0.25, 0.3) is 5.60 Å². The average Bonchev–Trinajstić information content (AvgIpc) is 2.75. The first-order chi connectivity index (χ1) is 8.48. The van der Waals surface area contributed by atoms with Crippen molar-refractivity contribution in [2.75, 3.05) is 13.2 Å². The van der Waals surface area contributed by atoms with Crippen LogP contribution in [0.2, 0.25) is 0 Å². The molecule has 0 amide bonds. The smallest absolute Gasteiger partial charge is 0.350 e. The molecule has 0 bridgehead atoms. The molecule has 6 nitrogen and oxygen atoms in total. The number of esters is 2. The van der Waals surface area contributed by atoms with Crippen LogP contribution in [0.4, 0.5) is 0 Å². The predicted octanol–water partition coefficient (Wildman–Crippen LogP) is 0.213. The zero-order chi connectivity index (χ0) is 13.8. The van der Waals surface area contributed by atoms with Crippen LogP contribution in [0.15, 0.2) is 0 Å². The highest BCUT2D eigenvalue weighted by molar-refractivity contribution is 6.08. The van der Waals surface area contributed by atoms with E-state index in [1.165, 1.54) is 0 Å². The van der Waals surface area contributed by atoms with Crippen LogP contribution < -0.4 is 0 Å². The third-order valence-corrected chi connectivity index (χ3v) is 2.98. The van der Waals surface area contributed by atoms with Crippen molar-refractivity contribution in [3.63, 3.8) is 0 Å².